The van der Waals surface area contributed by atoms with E-state index in [9.17, 15) is 13.6 Å². The molecular formula is C13H11F2NOS2. The first kappa shape index (κ1) is 14.0. The number of alkyl halides is 2. The minimum absolute atomic E-state index is 0.206. The van der Waals surface area contributed by atoms with E-state index in [0.717, 1.165) is 4.88 Å². The van der Waals surface area contributed by atoms with Gasteiger partial charge in [-0.05, 0) is 35.7 Å². The Kier molecular flexibility index (Phi) is 4.93. The van der Waals surface area contributed by atoms with Gasteiger partial charge in [0.1, 0.15) is 0 Å². The molecule has 100 valence electrons. The van der Waals surface area contributed by atoms with E-state index in [-0.39, 0.29) is 5.91 Å². The Morgan fingerprint density at radius 3 is 2.58 bits per heavy atom. The van der Waals surface area contributed by atoms with E-state index in [4.69, 9.17) is 0 Å². The molecule has 0 aliphatic carbocycles. The van der Waals surface area contributed by atoms with Crippen LogP contribution in [0.4, 0.5) is 8.78 Å². The van der Waals surface area contributed by atoms with Crippen LogP contribution < -0.4 is 5.32 Å². The number of halogens is 2. The molecule has 1 N–H and O–H groups in total. The highest BCUT2D eigenvalue weighted by molar-refractivity contribution is 7.99. The molecule has 1 aromatic heterocycles. The molecule has 0 spiro atoms. The fourth-order valence-corrected chi connectivity index (χ4v) is 2.61. The van der Waals surface area contributed by atoms with Crippen molar-refractivity contribution in [3.8, 4) is 0 Å². The summed E-state index contributed by atoms with van der Waals surface area (Å²) in [6, 6.07) is 10.0. The number of thiophene rings is 1. The number of hydrogen-bond acceptors (Lipinski definition) is 3. The molecule has 2 aromatic rings. The normalized spacial score (nSPS) is 10.7. The highest BCUT2D eigenvalue weighted by Gasteiger charge is 2.08. The Morgan fingerprint density at radius 2 is 2.00 bits per heavy atom. The minimum Gasteiger partial charge on any atom is -0.347 e. The van der Waals surface area contributed by atoms with E-state index >= 15 is 0 Å². The number of nitrogens with one attached hydrogen (secondary N) is 1. The molecule has 0 saturated carbocycles. The molecule has 2 nitrogen and oxygen atoms in total. The molecule has 0 aliphatic heterocycles. The summed E-state index contributed by atoms with van der Waals surface area (Å²) in [5.41, 5.74) is 0.468. The van der Waals surface area contributed by atoms with Crippen molar-refractivity contribution in [2.24, 2.45) is 0 Å². The van der Waals surface area contributed by atoms with Crippen LogP contribution in [0, 0.1) is 0 Å². The van der Waals surface area contributed by atoms with E-state index in [1.807, 2.05) is 17.5 Å². The lowest BCUT2D eigenvalue weighted by atomic mass is 10.2. The topological polar surface area (TPSA) is 29.1 Å². The zero-order valence-corrected chi connectivity index (χ0v) is 11.4. The van der Waals surface area contributed by atoms with Crippen LogP contribution in [0.2, 0.25) is 0 Å². The van der Waals surface area contributed by atoms with E-state index in [2.05, 4.69) is 5.32 Å². The molecule has 0 radical (unpaired) electrons. The van der Waals surface area contributed by atoms with E-state index in [0.29, 0.717) is 28.8 Å². The predicted molar refractivity (Wildman–Crippen MR) is 73.8 cm³/mol. The van der Waals surface area contributed by atoms with Crippen molar-refractivity contribution in [3.63, 3.8) is 0 Å². The van der Waals surface area contributed by atoms with E-state index in [1.165, 1.54) is 12.1 Å². The van der Waals surface area contributed by atoms with Gasteiger partial charge in [-0.2, -0.15) is 8.78 Å². The summed E-state index contributed by atoms with van der Waals surface area (Å²) < 4.78 is 24.3. The van der Waals surface area contributed by atoms with Gasteiger partial charge in [-0.1, -0.05) is 17.8 Å². The first-order valence-electron chi connectivity index (χ1n) is 5.50. The average molecular weight is 299 g/mol. The highest BCUT2D eigenvalue weighted by atomic mass is 32.2. The van der Waals surface area contributed by atoms with E-state index in [1.54, 1.807) is 23.5 Å². The second kappa shape index (κ2) is 6.68. The molecule has 0 unspecified atom stereocenters. The van der Waals surface area contributed by atoms with Gasteiger partial charge in [-0.25, -0.2) is 0 Å². The molecule has 0 fully saturated rings. The van der Waals surface area contributed by atoms with Crippen molar-refractivity contribution in [2.75, 3.05) is 0 Å². The number of hydrogen-bond donors (Lipinski definition) is 1. The number of amides is 1. The van der Waals surface area contributed by atoms with Crippen molar-refractivity contribution >= 4 is 29.0 Å². The molecule has 0 atom stereocenters. The van der Waals surface area contributed by atoms with Gasteiger partial charge in [-0.3, -0.25) is 4.79 Å². The van der Waals surface area contributed by atoms with Crippen LogP contribution in [0.15, 0.2) is 46.7 Å². The van der Waals surface area contributed by atoms with Gasteiger partial charge in [0.05, 0.1) is 6.54 Å². The Balaban J connectivity index is 1.92. The summed E-state index contributed by atoms with van der Waals surface area (Å²) in [6.45, 7) is 0.476. The zero-order chi connectivity index (χ0) is 13.7. The van der Waals surface area contributed by atoms with Gasteiger partial charge in [0.25, 0.3) is 11.7 Å². The fraction of sp³-hybridized carbons (Fsp3) is 0.154. The summed E-state index contributed by atoms with van der Waals surface area (Å²) in [5, 5.41) is 4.72. The number of benzene rings is 1. The standard InChI is InChI=1S/C13H11F2NOS2/c14-13(15)19-10-5-3-9(4-6-10)12(17)16-8-11-2-1-7-18-11/h1-7,13H,8H2,(H,16,17). The van der Waals surface area contributed by atoms with Gasteiger partial charge in [-0.15, -0.1) is 11.3 Å². The minimum atomic E-state index is -2.45. The van der Waals surface area contributed by atoms with Crippen molar-refractivity contribution in [1.82, 2.24) is 5.32 Å². The first-order chi connectivity index (χ1) is 9.15. The van der Waals surface area contributed by atoms with Crippen LogP contribution >= 0.6 is 23.1 Å². The third-order valence-electron chi connectivity index (χ3n) is 2.34. The predicted octanol–water partition coefficient (Wildman–Crippen LogP) is 3.99. The Labute approximate surface area is 117 Å². The van der Waals surface area contributed by atoms with Crippen LogP contribution in [0.3, 0.4) is 0 Å². The number of carbonyl (C=O) groups excluding carboxylic acids is 1. The molecule has 0 bridgehead atoms. The van der Waals surface area contributed by atoms with Crippen LogP contribution in [-0.2, 0) is 6.54 Å². The van der Waals surface area contributed by atoms with Gasteiger partial charge < -0.3 is 5.32 Å². The van der Waals surface area contributed by atoms with Gasteiger partial charge in [0.2, 0.25) is 0 Å². The summed E-state index contributed by atoms with van der Waals surface area (Å²) >= 11 is 2.03. The van der Waals surface area contributed by atoms with Crippen molar-refractivity contribution in [3.05, 3.63) is 52.2 Å². The fourth-order valence-electron chi connectivity index (χ4n) is 1.47. The molecule has 0 saturated heterocycles. The van der Waals surface area contributed by atoms with Crippen molar-refractivity contribution < 1.29 is 13.6 Å². The van der Waals surface area contributed by atoms with Gasteiger partial charge in [0, 0.05) is 15.3 Å². The maximum Gasteiger partial charge on any atom is 0.288 e. The van der Waals surface area contributed by atoms with Crippen LogP contribution in [0.5, 0.6) is 0 Å². The molecule has 19 heavy (non-hydrogen) atoms. The zero-order valence-electron chi connectivity index (χ0n) is 9.81. The maximum absolute atomic E-state index is 12.1. The highest BCUT2D eigenvalue weighted by Crippen LogP contribution is 2.25. The van der Waals surface area contributed by atoms with Crippen molar-refractivity contribution in [2.45, 2.75) is 17.2 Å². The number of thioether (sulfide) groups is 1. The lowest BCUT2D eigenvalue weighted by molar-refractivity contribution is 0.0951. The SMILES string of the molecule is O=C(NCc1cccs1)c1ccc(SC(F)F)cc1. The van der Waals surface area contributed by atoms with E-state index < -0.39 is 5.76 Å². The lowest BCUT2D eigenvalue weighted by Crippen LogP contribution is -2.22. The number of carbonyl (C=O) groups is 1. The van der Waals surface area contributed by atoms with Crippen LogP contribution in [-0.4, -0.2) is 11.7 Å². The molecule has 1 heterocycles. The average Bonchev–Trinajstić information content (AvgIpc) is 2.89. The summed E-state index contributed by atoms with van der Waals surface area (Å²) in [6.07, 6.45) is 0. The molecule has 0 aliphatic rings. The Morgan fingerprint density at radius 1 is 1.26 bits per heavy atom. The monoisotopic (exact) mass is 299 g/mol. The maximum atomic E-state index is 12.1. The Hall–Kier alpha value is -1.40. The quantitative estimate of drug-likeness (QED) is 0.846. The molecular weight excluding hydrogens is 288 g/mol. The van der Waals surface area contributed by atoms with Gasteiger partial charge >= 0.3 is 0 Å². The van der Waals surface area contributed by atoms with Crippen LogP contribution in [0.1, 0.15) is 15.2 Å². The second-order valence-electron chi connectivity index (χ2n) is 3.66. The summed E-state index contributed by atoms with van der Waals surface area (Å²) in [7, 11) is 0. The van der Waals surface area contributed by atoms with Crippen molar-refractivity contribution in [1.29, 1.82) is 0 Å². The van der Waals surface area contributed by atoms with Gasteiger partial charge in [0.15, 0.2) is 0 Å². The molecule has 2 rings (SSSR count). The smallest absolute Gasteiger partial charge is 0.288 e. The lowest BCUT2D eigenvalue weighted by Gasteiger charge is -2.05. The largest absolute Gasteiger partial charge is 0.347 e. The summed E-state index contributed by atoms with van der Waals surface area (Å²) in [4.78, 5) is 13.3. The van der Waals surface area contributed by atoms with Crippen LogP contribution in [0.25, 0.3) is 0 Å². The first-order valence-corrected chi connectivity index (χ1v) is 7.26. The number of rotatable bonds is 5. The third kappa shape index (κ3) is 4.33. The molecule has 1 amide bonds. The summed E-state index contributed by atoms with van der Waals surface area (Å²) in [5.74, 6) is -2.65. The second-order valence-corrected chi connectivity index (χ2v) is 5.76. The third-order valence-corrected chi connectivity index (χ3v) is 3.94. The Bertz CT molecular complexity index is 526. The molecule has 1 aromatic carbocycles. The molecule has 6 heteroatoms.